The van der Waals surface area contributed by atoms with Gasteiger partial charge in [-0.1, -0.05) is 49.0 Å². The van der Waals surface area contributed by atoms with Crippen molar-refractivity contribution in [1.82, 2.24) is 0 Å². The quantitative estimate of drug-likeness (QED) is 0.594. The Morgan fingerprint density at radius 2 is 1.78 bits per heavy atom. The fraction of sp³-hybridized carbons (Fsp3) is 0.105. The maximum atomic E-state index is 12.5. The van der Waals surface area contributed by atoms with E-state index in [9.17, 15) is 9.00 Å². The van der Waals surface area contributed by atoms with Crippen molar-refractivity contribution >= 4 is 27.8 Å². The highest BCUT2D eigenvalue weighted by Gasteiger charge is 2.09. The molecule has 0 saturated carbocycles. The first-order valence-electron chi connectivity index (χ1n) is 7.23. The Morgan fingerprint density at radius 3 is 2.39 bits per heavy atom. The van der Waals surface area contributed by atoms with E-state index in [4.69, 9.17) is 4.74 Å². The molecule has 0 saturated heterocycles. The lowest BCUT2D eigenvalue weighted by Crippen LogP contribution is -1.98. The van der Waals surface area contributed by atoms with Crippen molar-refractivity contribution in [2.75, 3.05) is 6.61 Å². The van der Waals surface area contributed by atoms with E-state index in [1.54, 1.807) is 37.3 Å². The summed E-state index contributed by atoms with van der Waals surface area (Å²) in [6.07, 6.45) is 3.04. The van der Waals surface area contributed by atoms with Crippen LogP contribution in [-0.4, -0.2) is 16.8 Å². The SMILES string of the molecule is C=C(c1ccccc1)S(=O)c1ccc(/C=C/C(=O)OCC)cc1. The van der Waals surface area contributed by atoms with E-state index in [1.807, 2.05) is 30.3 Å². The van der Waals surface area contributed by atoms with Gasteiger partial charge in [0.25, 0.3) is 0 Å². The highest BCUT2D eigenvalue weighted by Crippen LogP contribution is 2.22. The Hall–Kier alpha value is -2.46. The van der Waals surface area contributed by atoms with Crippen molar-refractivity contribution in [3.63, 3.8) is 0 Å². The van der Waals surface area contributed by atoms with Gasteiger partial charge < -0.3 is 4.74 Å². The Bertz CT molecular complexity index is 731. The Labute approximate surface area is 138 Å². The van der Waals surface area contributed by atoms with Crippen LogP contribution in [0.4, 0.5) is 0 Å². The van der Waals surface area contributed by atoms with Crippen LogP contribution in [-0.2, 0) is 20.3 Å². The molecule has 0 heterocycles. The van der Waals surface area contributed by atoms with Crippen LogP contribution >= 0.6 is 0 Å². The molecule has 3 nitrogen and oxygen atoms in total. The first-order valence-corrected chi connectivity index (χ1v) is 8.38. The first-order chi connectivity index (χ1) is 11.1. The van der Waals surface area contributed by atoms with Gasteiger partial charge in [0.05, 0.1) is 17.4 Å². The van der Waals surface area contributed by atoms with Crippen molar-refractivity contribution < 1.29 is 13.7 Å². The summed E-state index contributed by atoms with van der Waals surface area (Å²) >= 11 is 0. The lowest BCUT2D eigenvalue weighted by Gasteiger charge is -2.06. The Morgan fingerprint density at radius 1 is 1.13 bits per heavy atom. The lowest BCUT2D eigenvalue weighted by molar-refractivity contribution is -0.137. The van der Waals surface area contributed by atoms with E-state index >= 15 is 0 Å². The van der Waals surface area contributed by atoms with E-state index in [2.05, 4.69) is 6.58 Å². The van der Waals surface area contributed by atoms with Crippen molar-refractivity contribution in [3.8, 4) is 0 Å². The minimum absolute atomic E-state index is 0.350. The predicted octanol–water partition coefficient (Wildman–Crippen LogP) is 4.04. The van der Waals surface area contributed by atoms with Crippen LogP contribution in [0.2, 0.25) is 0 Å². The van der Waals surface area contributed by atoms with Gasteiger partial charge >= 0.3 is 5.97 Å². The summed E-state index contributed by atoms with van der Waals surface area (Å²) in [6.45, 7) is 6.04. The summed E-state index contributed by atoms with van der Waals surface area (Å²) in [6, 6.07) is 16.6. The van der Waals surface area contributed by atoms with E-state index in [0.717, 1.165) is 11.1 Å². The van der Waals surface area contributed by atoms with Gasteiger partial charge in [-0.15, -0.1) is 0 Å². The molecule has 0 aliphatic rings. The summed E-state index contributed by atoms with van der Waals surface area (Å²) in [7, 11) is -1.31. The van der Waals surface area contributed by atoms with Gasteiger partial charge in [-0.3, -0.25) is 0 Å². The average molecular weight is 326 g/mol. The molecule has 23 heavy (non-hydrogen) atoms. The number of rotatable bonds is 6. The minimum Gasteiger partial charge on any atom is -0.463 e. The van der Waals surface area contributed by atoms with Gasteiger partial charge in [-0.25, -0.2) is 9.00 Å². The minimum atomic E-state index is -1.31. The third-order valence-electron chi connectivity index (χ3n) is 3.11. The van der Waals surface area contributed by atoms with Crippen LogP contribution < -0.4 is 0 Å². The number of carbonyl (C=O) groups excluding carboxylic acids is 1. The number of hydrogen-bond donors (Lipinski definition) is 0. The molecule has 2 aromatic rings. The lowest BCUT2D eigenvalue weighted by atomic mass is 10.2. The Balaban J connectivity index is 2.09. The zero-order chi connectivity index (χ0) is 16.7. The molecule has 0 aromatic heterocycles. The molecule has 0 bridgehead atoms. The number of benzene rings is 2. The molecule has 0 radical (unpaired) electrons. The van der Waals surface area contributed by atoms with Gasteiger partial charge in [0.1, 0.15) is 0 Å². The monoisotopic (exact) mass is 326 g/mol. The van der Waals surface area contributed by atoms with Crippen LogP contribution in [0.1, 0.15) is 18.1 Å². The van der Waals surface area contributed by atoms with Crippen LogP contribution in [0.5, 0.6) is 0 Å². The molecule has 0 aliphatic carbocycles. The van der Waals surface area contributed by atoms with Gasteiger partial charge in [0.15, 0.2) is 0 Å². The van der Waals surface area contributed by atoms with Crippen LogP contribution in [0.3, 0.4) is 0 Å². The smallest absolute Gasteiger partial charge is 0.330 e. The zero-order valence-corrected chi connectivity index (χ0v) is 13.7. The molecular formula is C19H18O3S. The van der Waals surface area contributed by atoms with Gasteiger partial charge in [-0.05, 0) is 36.3 Å². The van der Waals surface area contributed by atoms with E-state index in [0.29, 0.717) is 16.4 Å². The van der Waals surface area contributed by atoms with Crippen LogP contribution in [0, 0.1) is 0 Å². The number of esters is 1. The second-order valence-electron chi connectivity index (χ2n) is 4.71. The van der Waals surface area contributed by atoms with E-state index in [1.165, 1.54) is 6.08 Å². The molecule has 0 aliphatic heterocycles. The molecule has 1 atom stereocenters. The first kappa shape index (κ1) is 16.9. The summed E-state index contributed by atoms with van der Waals surface area (Å²) in [4.78, 5) is 12.5. The standard InChI is InChI=1S/C19H18O3S/c1-3-22-19(20)14-11-16-9-12-18(13-10-16)23(21)15(2)17-7-5-4-6-8-17/h4-14H,2-3H2,1H3/b14-11+. The second kappa shape index (κ2) is 8.25. The molecule has 0 N–H and O–H groups in total. The molecule has 2 aromatic carbocycles. The molecule has 2 rings (SSSR count). The third kappa shape index (κ3) is 4.76. The zero-order valence-electron chi connectivity index (χ0n) is 12.9. The van der Waals surface area contributed by atoms with Gasteiger partial charge in [-0.2, -0.15) is 0 Å². The van der Waals surface area contributed by atoms with Gasteiger partial charge in [0.2, 0.25) is 0 Å². The normalized spacial score (nSPS) is 12.0. The second-order valence-corrected chi connectivity index (χ2v) is 6.21. The maximum absolute atomic E-state index is 12.5. The molecule has 118 valence electrons. The van der Waals surface area contributed by atoms with Crippen molar-refractivity contribution in [2.24, 2.45) is 0 Å². The fourth-order valence-electron chi connectivity index (χ4n) is 1.93. The van der Waals surface area contributed by atoms with Crippen molar-refractivity contribution in [2.45, 2.75) is 11.8 Å². The highest BCUT2D eigenvalue weighted by atomic mass is 32.2. The number of hydrogen-bond acceptors (Lipinski definition) is 3. The molecule has 1 unspecified atom stereocenters. The van der Waals surface area contributed by atoms with Gasteiger partial charge in [0, 0.05) is 15.9 Å². The third-order valence-corrected chi connectivity index (χ3v) is 4.50. The van der Waals surface area contributed by atoms with E-state index in [-0.39, 0.29) is 5.97 Å². The van der Waals surface area contributed by atoms with E-state index < -0.39 is 10.8 Å². The topological polar surface area (TPSA) is 43.4 Å². The maximum Gasteiger partial charge on any atom is 0.330 e. The molecule has 0 spiro atoms. The summed E-state index contributed by atoms with van der Waals surface area (Å²) in [5.41, 5.74) is 1.70. The summed E-state index contributed by atoms with van der Waals surface area (Å²) in [5, 5.41) is 0. The molecular weight excluding hydrogens is 308 g/mol. The summed E-state index contributed by atoms with van der Waals surface area (Å²) in [5.74, 6) is -0.377. The fourth-order valence-corrected chi connectivity index (χ4v) is 2.95. The average Bonchev–Trinajstić information content (AvgIpc) is 2.60. The largest absolute Gasteiger partial charge is 0.463 e. The van der Waals surface area contributed by atoms with Crippen LogP contribution in [0.15, 0.2) is 72.1 Å². The Kier molecular flexibility index (Phi) is 6.06. The van der Waals surface area contributed by atoms with Crippen LogP contribution in [0.25, 0.3) is 11.0 Å². The number of carbonyl (C=O) groups is 1. The number of ether oxygens (including phenoxy) is 1. The van der Waals surface area contributed by atoms with Crippen molar-refractivity contribution in [3.05, 3.63) is 78.4 Å². The highest BCUT2D eigenvalue weighted by molar-refractivity contribution is 7.94. The summed E-state index contributed by atoms with van der Waals surface area (Å²) < 4.78 is 17.3. The molecule has 0 fully saturated rings. The predicted molar refractivity (Wildman–Crippen MR) is 94.0 cm³/mol. The molecule has 0 amide bonds. The van der Waals surface area contributed by atoms with Crippen molar-refractivity contribution in [1.29, 1.82) is 0 Å². The molecule has 4 heteroatoms.